The summed E-state index contributed by atoms with van der Waals surface area (Å²) >= 11 is 8.24. The van der Waals surface area contributed by atoms with E-state index in [1.165, 1.54) is 76.2 Å². The van der Waals surface area contributed by atoms with Crippen LogP contribution in [0.25, 0.3) is 0 Å². The molecule has 0 radical (unpaired) electrons. The predicted molar refractivity (Wildman–Crippen MR) is 184 cm³/mol. The Bertz CT molecular complexity index is 1030. The Morgan fingerprint density at radius 1 is 0.902 bits per heavy atom. The normalized spacial score (nSPS) is 12.4. The number of carbonyl (C=O) groups excluding carboxylic acids is 1. The summed E-state index contributed by atoms with van der Waals surface area (Å²) in [6.45, 7) is 6.09. The Morgan fingerprint density at radius 3 is 2.10 bits per heavy atom. The van der Waals surface area contributed by atoms with Gasteiger partial charge in [0, 0.05) is 31.9 Å². The van der Waals surface area contributed by atoms with Crippen molar-refractivity contribution in [3.63, 3.8) is 0 Å². The van der Waals surface area contributed by atoms with Crippen molar-refractivity contribution in [3.8, 4) is 5.75 Å². The van der Waals surface area contributed by atoms with Crippen molar-refractivity contribution in [2.75, 3.05) is 23.9 Å². The van der Waals surface area contributed by atoms with Crippen molar-refractivity contribution in [1.82, 2.24) is 4.90 Å². The van der Waals surface area contributed by atoms with Gasteiger partial charge in [-0.2, -0.15) is 0 Å². The van der Waals surface area contributed by atoms with Gasteiger partial charge in [0.05, 0.1) is 17.5 Å². The third-order valence-electron chi connectivity index (χ3n) is 7.50. The van der Waals surface area contributed by atoms with E-state index in [2.05, 4.69) is 47.7 Å². The van der Waals surface area contributed by atoms with Crippen molar-refractivity contribution in [2.24, 2.45) is 0 Å². The lowest BCUT2D eigenvalue weighted by Gasteiger charge is -2.22. The van der Waals surface area contributed by atoms with Crippen LogP contribution in [0.3, 0.4) is 0 Å². The number of halogens is 2. The lowest BCUT2D eigenvalue weighted by molar-refractivity contribution is -0.116. The van der Waals surface area contributed by atoms with E-state index in [4.69, 9.17) is 16.3 Å². The Kier molecular flexibility index (Phi) is 18.3. The molecule has 1 aliphatic heterocycles. The average molecular weight is 666 g/mol. The summed E-state index contributed by atoms with van der Waals surface area (Å²) in [5.41, 5.74) is 3.29. The van der Waals surface area contributed by atoms with Gasteiger partial charge in [-0.3, -0.25) is 4.79 Å². The molecule has 228 valence electrons. The smallest absolute Gasteiger partial charge is 0.223 e. The highest BCUT2D eigenvalue weighted by atomic mass is 79.9. The van der Waals surface area contributed by atoms with Crippen molar-refractivity contribution in [1.29, 1.82) is 0 Å². The van der Waals surface area contributed by atoms with Crippen molar-refractivity contribution in [2.45, 2.75) is 104 Å². The summed E-state index contributed by atoms with van der Waals surface area (Å²) in [7, 11) is 0. The van der Waals surface area contributed by atoms with Gasteiger partial charge < -0.3 is 14.5 Å². The van der Waals surface area contributed by atoms with Crippen LogP contribution in [0.4, 0.5) is 5.69 Å². The number of thioether (sulfide) groups is 1. The van der Waals surface area contributed by atoms with Gasteiger partial charge in [-0.15, -0.1) is 28.7 Å². The number of unbranched alkanes of at least 4 members (excludes halogenated alkanes) is 11. The number of amides is 1. The van der Waals surface area contributed by atoms with Gasteiger partial charge in [0.15, 0.2) is 0 Å². The van der Waals surface area contributed by atoms with E-state index in [1.54, 1.807) is 18.7 Å². The van der Waals surface area contributed by atoms with Gasteiger partial charge in [-0.1, -0.05) is 107 Å². The molecule has 0 spiro atoms. The predicted octanol–water partition coefficient (Wildman–Crippen LogP) is 10.6. The third-order valence-corrected chi connectivity index (χ3v) is 8.60. The Balaban J connectivity index is 0.00000588. The molecule has 0 bridgehead atoms. The maximum absolute atomic E-state index is 12.5. The fourth-order valence-corrected chi connectivity index (χ4v) is 5.96. The van der Waals surface area contributed by atoms with E-state index in [-0.39, 0.29) is 22.9 Å². The maximum Gasteiger partial charge on any atom is 0.223 e. The second-order valence-corrected chi connectivity index (χ2v) is 12.2. The minimum absolute atomic E-state index is 0. The maximum atomic E-state index is 12.5. The SMILES string of the molecule is Br.CCCCCCCCCCCCCCOc1cc(CCN(C(C)=O)c2ccc(CN3C=CSC3)cc2)ccc1Cl. The quantitative estimate of drug-likeness (QED) is 0.132. The number of hydrogen-bond acceptors (Lipinski definition) is 4. The lowest BCUT2D eigenvalue weighted by Crippen LogP contribution is -2.30. The fourth-order valence-electron chi connectivity index (χ4n) is 5.07. The first-order valence-corrected chi connectivity index (χ1v) is 16.8. The molecule has 0 aliphatic carbocycles. The second-order valence-electron chi connectivity index (χ2n) is 10.9. The van der Waals surface area contributed by atoms with Crippen LogP contribution in [0.5, 0.6) is 5.75 Å². The minimum Gasteiger partial charge on any atom is -0.492 e. The van der Waals surface area contributed by atoms with E-state index in [1.807, 2.05) is 23.1 Å². The highest BCUT2D eigenvalue weighted by molar-refractivity contribution is 8.93. The molecule has 7 heteroatoms. The van der Waals surface area contributed by atoms with Crippen LogP contribution in [-0.4, -0.2) is 29.8 Å². The zero-order valence-corrected chi connectivity index (χ0v) is 28.4. The van der Waals surface area contributed by atoms with Gasteiger partial charge in [0.1, 0.15) is 5.75 Å². The number of carbonyl (C=O) groups is 1. The summed E-state index contributed by atoms with van der Waals surface area (Å²) in [4.78, 5) is 16.6. The van der Waals surface area contributed by atoms with E-state index in [0.717, 1.165) is 42.3 Å². The van der Waals surface area contributed by atoms with Crippen LogP contribution >= 0.6 is 40.3 Å². The standard InChI is InChI=1S/C34H49ClN2O2S.BrH/c1-3-4-5-6-7-8-9-10-11-12-13-14-24-39-34-26-30(17-20-33(34)35)21-22-37(29(2)38)32-18-15-31(16-19-32)27-36-23-25-40-28-36;/h15-20,23,25-26H,3-14,21-22,24,27-28H2,1-2H3;1H. The molecule has 4 nitrogen and oxygen atoms in total. The molecular weight excluding hydrogens is 616 g/mol. The molecule has 0 saturated heterocycles. The van der Waals surface area contributed by atoms with Gasteiger partial charge in [0.2, 0.25) is 5.91 Å². The van der Waals surface area contributed by atoms with Crippen LogP contribution in [-0.2, 0) is 17.8 Å². The number of anilines is 1. The van der Waals surface area contributed by atoms with E-state index in [9.17, 15) is 4.79 Å². The van der Waals surface area contributed by atoms with Crippen LogP contribution in [0.15, 0.2) is 54.1 Å². The summed E-state index contributed by atoms with van der Waals surface area (Å²) in [6, 6.07) is 14.3. The van der Waals surface area contributed by atoms with Crippen LogP contribution in [0.2, 0.25) is 5.02 Å². The largest absolute Gasteiger partial charge is 0.492 e. The summed E-state index contributed by atoms with van der Waals surface area (Å²) in [5.74, 6) is 1.78. The Hall–Kier alpha value is -1.63. The van der Waals surface area contributed by atoms with E-state index < -0.39 is 0 Å². The third kappa shape index (κ3) is 13.9. The first-order chi connectivity index (χ1) is 19.6. The van der Waals surface area contributed by atoms with E-state index in [0.29, 0.717) is 18.2 Å². The zero-order valence-electron chi connectivity index (χ0n) is 25.1. The fraction of sp³-hybridized carbons (Fsp3) is 0.559. The average Bonchev–Trinajstić information content (AvgIpc) is 3.46. The summed E-state index contributed by atoms with van der Waals surface area (Å²) in [5, 5.41) is 2.77. The molecular formula is C34H50BrClN2O2S. The Morgan fingerprint density at radius 2 is 1.51 bits per heavy atom. The molecule has 41 heavy (non-hydrogen) atoms. The topological polar surface area (TPSA) is 32.8 Å². The Labute approximate surface area is 269 Å². The molecule has 3 rings (SSSR count). The molecule has 0 unspecified atom stereocenters. The summed E-state index contributed by atoms with van der Waals surface area (Å²) < 4.78 is 6.05. The van der Waals surface area contributed by atoms with Gasteiger partial charge in [0.25, 0.3) is 0 Å². The van der Waals surface area contributed by atoms with Crippen molar-refractivity contribution >= 4 is 51.9 Å². The molecule has 1 heterocycles. The van der Waals surface area contributed by atoms with Gasteiger partial charge in [-0.25, -0.2) is 0 Å². The molecule has 2 aromatic carbocycles. The molecule has 1 aliphatic rings. The number of ether oxygens (including phenoxy) is 1. The first kappa shape index (κ1) is 35.6. The number of nitrogens with zero attached hydrogens (tertiary/aromatic N) is 2. The van der Waals surface area contributed by atoms with Gasteiger partial charge >= 0.3 is 0 Å². The highest BCUT2D eigenvalue weighted by Crippen LogP contribution is 2.27. The number of hydrogen-bond donors (Lipinski definition) is 0. The number of rotatable bonds is 20. The monoisotopic (exact) mass is 664 g/mol. The minimum atomic E-state index is 0. The zero-order chi connectivity index (χ0) is 28.4. The number of benzene rings is 2. The first-order valence-electron chi connectivity index (χ1n) is 15.4. The van der Waals surface area contributed by atoms with Crippen LogP contribution < -0.4 is 9.64 Å². The van der Waals surface area contributed by atoms with Crippen molar-refractivity contribution < 1.29 is 9.53 Å². The summed E-state index contributed by atoms with van der Waals surface area (Å²) in [6.07, 6.45) is 18.8. The highest BCUT2D eigenvalue weighted by Gasteiger charge is 2.13. The molecule has 0 saturated carbocycles. The van der Waals surface area contributed by atoms with Crippen LogP contribution in [0.1, 0.15) is 102 Å². The molecule has 0 aromatic heterocycles. The lowest BCUT2D eigenvalue weighted by atomic mass is 10.1. The second kappa shape index (κ2) is 21.1. The molecule has 0 fully saturated rings. The molecule has 0 atom stereocenters. The van der Waals surface area contributed by atoms with E-state index >= 15 is 0 Å². The molecule has 0 N–H and O–H groups in total. The van der Waals surface area contributed by atoms with Crippen molar-refractivity contribution in [3.05, 3.63) is 70.2 Å². The van der Waals surface area contributed by atoms with Gasteiger partial charge in [-0.05, 0) is 53.6 Å². The molecule has 2 aromatic rings. The van der Waals surface area contributed by atoms with Crippen LogP contribution in [0, 0.1) is 0 Å². The molecule has 1 amide bonds.